The van der Waals surface area contributed by atoms with Gasteiger partial charge in [0.25, 0.3) is 0 Å². The second-order valence-electron chi connectivity index (χ2n) is 4.04. The minimum absolute atomic E-state index is 0.120. The fourth-order valence-corrected chi connectivity index (χ4v) is 2.17. The molecule has 1 aliphatic heterocycles. The third kappa shape index (κ3) is 2.44. The SMILES string of the molecule is CC1CC(=O)N(Cc2cnc(Cl)nc2Cl)C1. The highest BCUT2D eigenvalue weighted by molar-refractivity contribution is 6.32. The number of aromatic nitrogens is 2. The van der Waals surface area contributed by atoms with Gasteiger partial charge < -0.3 is 4.90 Å². The molecule has 1 saturated heterocycles. The first-order chi connectivity index (χ1) is 7.56. The molecule has 6 heteroatoms. The van der Waals surface area contributed by atoms with Crippen molar-refractivity contribution in [3.05, 3.63) is 22.2 Å². The Morgan fingerprint density at radius 3 is 2.88 bits per heavy atom. The zero-order valence-electron chi connectivity index (χ0n) is 8.78. The first-order valence-electron chi connectivity index (χ1n) is 5.01. The lowest BCUT2D eigenvalue weighted by molar-refractivity contribution is -0.128. The molecule has 1 unspecified atom stereocenters. The molecule has 2 heterocycles. The van der Waals surface area contributed by atoms with Gasteiger partial charge in [-0.25, -0.2) is 9.97 Å². The lowest BCUT2D eigenvalue weighted by Crippen LogP contribution is -2.24. The highest BCUT2D eigenvalue weighted by atomic mass is 35.5. The van der Waals surface area contributed by atoms with Gasteiger partial charge in [0.2, 0.25) is 11.2 Å². The van der Waals surface area contributed by atoms with Crippen LogP contribution in [0.3, 0.4) is 0 Å². The molecule has 0 spiro atoms. The molecule has 1 aliphatic rings. The maximum absolute atomic E-state index is 11.6. The smallest absolute Gasteiger partial charge is 0.223 e. The number of nitrogens with zero attached hydrogens (tertiary/aromatic N) is 3. The van der Waals surface area contributed by atoms with Crippen LogP contribution in [0, 0.1) is 5.92 Å². The van der Waals surface area contributed by atoms with Crippen molar-refractivity contribution in [2.24, 2.45) is 5.92 Å². The molecule has 4 nitrogen and oxygen atoms in total. The third-order valence-electron chi connectivity index (χ3n) is 2.55. The first-order valence-corrected chi connectivity index (χ1v) is 5.76. The molecule has 0 saturated carbocycles. The van der Waals surface area contributed by atoms with Crippen molar-refractivity contribution in [1.29, 1.82) is 0 Å². The van der Waals surface area contributed by atoms with Crippen molar-refractivity contribution in [3.8, 4) is 0 Å². The topological polar surface area (TPSA) is 46.1 Å². The van der Waals surface area contributed by atoms with Gasteiger partial charge in [-0.1, -0.05) is 18.5 Å². The molecule has 0 radical (unpaired) electrons. The van der Waals surface area contributed by atoms with Crippen LogP contribution in [0.1, 0.15) is 18.9 Å². The van der Waals surface area contributed by atoms with E-state index in [9.17, 15) is 4.79 Å². The lowest BCUT2D eigenvalue weighted by atomic mass is 10.2. The summed E-state index contributed by atoms with van der Waals surface area (Å²) in [6.45, 7) is 3.27. The van der Waals surface area contributed by atoms with Gasteiger partial charge in [0, 0.05) is 24.7 Å². The van der Waals surface area contributed by atoms with Crippen LogP contribution < -0.4 is 0 Å². The summed E-state index contributed by atoms with van der Waals surface area (Å²) in [5.74, 6) is 0.554. The van der Waals surface area contributed by atoms with E-state index < -0.39 is 0 Å². The van der Waals surface area contributed by atoms with Crippen LogP contribution in [0.2, 0.25) is 10.4 Å². The highest BCUT2D eigenvalue weighted by Gasteiger charge is 2.26. The van der Waals surface area contributed by atoms with Crippen LogP contribution >= 0.6 is 23.2 Å². The summed E-state index contributed by atoms with van der Waals surface area (Å²) in [7, 11) is 0. The maximum Gasteiger partial charge on any atom is 0.223 e. The summed E-state index contributed by atoms with van der Waals surface area (Å²) in [5, 5.41) is 0.433. The van der Waals surface area contributed by atoms with Gasteiger partial charge in [-0.3, -0.25) is 4.79 Å². The molecule has 2 rings (SSSR count). The van der Waals surface area contributed by atoms with Crippen molar-refractivity contribution in [1.82, 2.24) is 14.9 Å². The predicted molar refractivity (Wildman–Crippen MR) is 61.3 cm³/mol. The van der Waals surface area contributed by atoms with Crippen molar-refractivity contribution >= 4 is 29.1 Å². The van der Waals surface area contributed by atoms with E-state index in [4.69, 9.17) is 23.2 Å². The van der Waals surface area contributed by atoms with E-state index in [1.54, 1.807) is 11.1 Å². The molecule has 1 fully saturated rings. The number of halogens is 2. The minimum atomic E-state index is 0.120. The fraction of sp³-hybridized carbons (Fsp3) is 0.500. The van der Waals surface area contributed by atoms with Crippen LogP contribution in [0.25, 0.3) is 0 Å². The summed E-state index contributed by atoms with van der Waals surface area (Å²) in [6.07, 6.45) is 2.17. The molecule has 0 bridgehead atoms. The van der Waals surface area contributed by atoms with E-state index in [0.29, 0.717) is 24.0 Å². The normalized spacial score (nSPS) is 20.6. The highest BCUT2D eigenvalue weighted by Crippen LogP contribution is 2.22. The summed E-state index contributed by atoms with van der Waals surface area (Å²) in [5.41, 5.74) is 0.730. The van der Waals surface area contributed by atoms with E-state index in [1.807, 2.05) is 0 Å². The van der Waals surface area contributed by atoms with Crippen molar-refractivity contribution in [3.63, 3.8) is 0 Å². The van der Waals surface area contributed by atoms with E-state index in [0.717, 1.165) is 12.1 Å². The van der Waals surface area contributed by atoms with Crippen LogP contribution in [0.5, 0.6) is 0 Å². The van der Waals surface area contributed by atoms with E-state index in [2.05, 4.69) is 16.9 Å². The van der Waals surface area contributed by atoms with E-state index in [1.165, 1.54) is 0 Å². The van der Waals surface area contributed by atoms with Gasteiger partial charge in [0.05, 0.1) is 6.54 Å². The van der Waals surface area contributed by atoms with Gasteiger partial charge in [-0.05, 0) is 17.5 Å². The van der Waals surface area contributed by atoms with Crippen LogP contribution in [-0.2, 0) is 11.3 Å². The zero-order chi connectivity index (χ0) is 11.7. The maximum atomic E-state index is 11.6. The fourth-order valence-electron chi connectivity index (χ4n) is 1.80. The summed E-state index contributed by atoms with van der Waals surface area (Å²) in [6, 6.07) is 0. The van der Waals surface area contributed by atoms with Crippen LogP contribution in [0.4, 0.5) is 0 Å². The second-order valence-corrected chi connectivity index (χ2v) is 4.73. The molecule has 1 amide bonds. The quantitative estimate of drug-likeness (QED) is 0.604. The second kappa shape index (κ2) is 4.55. The van der Waals surface area contributed by atoms with E-state index >= 15 is 0 Å². The Labute approximate surface area is 104 Å². The average molecular weight is 260 g/mol. The monoisotopic (exact) mass is 259 g/mol. The largest absolute Gasteiger partial charge is 0.338 e. The standard InChI is InChI=1S/C10H11Cl2N3O/c1-6-2-8(16)15(4-6)5-7-3-13-10(12)14-9(7)11/h3,6H,2,4-5H2,1H3. The Morgan fingerprint density at radius 2 is 2.31 bits per heavy atom. The molecule has 0 aliphatic carbocycles. The van der Waals surface area contributed by atoms with Gasteiger partial charge in [0.1, 0.15) is 5.15 Å². The molecule has 1 atom stereocenters. The molecule has 0 aromatic carbocycles. The Bertz CT molecular complexity index is 425. The Hall–Kier alpha value is -0.870. The zero-order valence-corrected chi connectivity index (χ0v) is 10.3. The van der Waals surface area contributed by atoms with Crippen LogP contribution in [-0.4, -0.2) is 27.3 Å². The molecule has 0 N–H and O–H groups in total. The predicted octanol–water partition coefficient (Wildman–Crippen LogP) is 2.15. The van der Waals surface area contributed by atoms with E-state index in [-0.39, 0.29) is 11.2 Å². The summed E-state index contributed by atoms with van der Waals surface area (Å²) >= 11 is 11.5. The number of hydrogen-bond donors (Lipinski definition) is 0. The Kier molecular flexibility index (Phi) is 3.30. The lowest BCUT2D eigenvalue weighted by Gasteiger charge is -2.16. The molecular weight excluding hydrogens is 249 g/mol. The molecule has 1 aromatic rings. The number of rotatable bonds is 2. The number of carbonyl (C=O) groups is 1. The third-order valence-corrected chi connectivity index (χ3v) is 3.06. The average Bonchev–Trinajstić information content (AvgIpc) is 2.50. The van der Waals surface area contributed by atoms with Crippen LogP contribution in [0.15, 0.2) is 6.20 Å². The number of likely N-dealkylation sites (tertiary alicyclic amines) is 1. The minimum Gasteiger partial charge on any atom is -0.338 e. The van der Waals surface area contributed by atoms with Crippen molar-refractivity contribution in [2.45, 2.75) is 19.9 Å². The van der Waals surface area contributed by atoms with Crippen molar-refractivity contribution in [2.75, 3.05) is 6.54 Å². The summed E-state index contributed by atoms with van der Waals surface area (Å²) < 4.78 is 0. The molecule has 86 valence electrons. The first kappa shape index (κ1) is 11.6. The van der Waals surface area contributed by atoms with Crippen molar-refractivity contribution < 1.29 is 4.79 Å². The number of hydrogen-bond acceptors (Lipinski definition) is 3. The molecular formula is C10H11Cl2N3O. The van der Waals surface area contributed by atoms with Gasteiger partial charge >= 0.3 is 0 Å². The number of amides is 1. The van der Waals surface area contributed by atoms with Gasteiger partial charge in [-0.2, -0.15) is 0 Å². The Morgan fingerprint density at radius 1 is 1.56 bits per heavy atom. The summed E-state index contributed by atoms with van der Waals surface area (Å²) in [4.78, 5) is 21.0. The number of carbonyl (C=O) groups excluding carboxylic acids is 1. The molecule has 1 aromatic heterocycles. The van der Waals surface area contributed by atoms with Gasteiger partial charge in [-0.15, -0.1) is 0 Å². The van der Waals surface area contributed by atoms with Gasteiger partial charge in [0.15, 0.2) is 0 Å². The molecule has 16 heavy (non-hydrogen) atoms. The Balaban J connectivity index is 2.12.